The van der Waals surface area contributed by atoms with Crippen LogP contribution in [0.15, 0.2) is 21.3 Å². The molecule has 0 bridgehead atoms. The van der Waals surface area contributed by atoms with Crippen molar-refractivity contribution in [1.82, 2.24) is 9.97 Å². The van der Waals surface area contributed by atoms with Crippen LogP contribution >= 0.6 is 27.3 Å². The third-order valence-corrected chi connectivity index (χ3v) is 5.41. The van der Waals surface area contributed by atoms with Gasteiger partial charge in [-0.15, -0.1) is 0 Å². The van der Waals surface area contributed by atoms with Crippen molar-refractivity contribution in [2.75, 3.05) is 11.9 Å². The van der Waals surface area contributed by atoms with Crippen LogP contribution in [0, 0.1) is 0 Å². The first-order valence-electron chi connectivity index (χ1n) is 7.63. The standard InChI is InChI=1S/C16H20BrN3S/c1-2-8-18-16-13(17)14(11-5-3-4-6-11)19-15(20-16)12-7-9-21-10-12/h7,9-11H,2-6,8H2,1H3,(H,18,19,20). The van der Waals surface area contributed by atoms with Crippen LogP contribution in [0.5, 0.6) is 0 Å². The van der Waals surface area contributed by atoms with E-state index in [4.69, 9.17) is 9.97 Å². The predicted octanol–water partition coefficient (Wildman–Crippen LogP) is 5.45. The fourth-order valence-electron chi connectivity index (χ4n) is 2.82. The quantitative estimate of drug-likeness (QED) is 0.765. The number of hydrogen-bond donors (Lipinski definition) is 1. The summed E-state index contributed by atoms with van der Waals surface area (Å²) in [7, 11) is 0. The van der Waals surface area contributed by atoms with E-state index in [1.54, 1.807) is 11.3 Å². The van der Waals surface area contributed by atoms with Gasteiger partial charge in [-0.25, -0.2) is 9.97 Å². The molecule has 0 atom stereocenters. The van der Waals surface area contributed by atoms with Crippen LogP contribution in [0.4, 0.5) is 5.82 Å². The fourth-order valence-corrected chi connectivity index (χ4v) is 4.09. The van der Waals surface area contributed by atoms with Crippen LogP contribution < -0.4 is 5.32 Å². The summed E-state index contributed by atoms with van der Waals surface area (Å²) < 4.78 is 1.06. The van der Waals surface area contributed by atoms with E-state index < -0.39 is 0 Å². The number of nitrogens with zero attached hydrogens (tertiary/aromatic N) is 2. The molecule has 2 aromatic heterocycles. The SMILES string of the molecule is CCCNc1nc(-c2ccsc2)nc(C2CCCC2)c1Br. The molecule has 0 saturated heterocycles. The Kier molecular flexibility index (Phi) is 4.91. The third-order valence-electron chi connectivity index (χ3n) is 3.94. The molecule has 0 unspecified atom stereocenters. The second-order valence-corrected chi connectivity index (χ2v) is 7.09. The van der Waals surface area contributed by atoms with Crippen LogP contribution in [-0.4, -0.2) is 16.5 Å². The summed E-state index contributed by atoms with van der Waals surface area (Å²) in [5.74, 6) is 2.36. The number of anilines is 1. The molecule has 1 N–H and O–H groups in total. The summed E-state index contributed by atoms with van der Waals surface area (Å²) in [4.78, 5) is 9.60. The molecule has 112 valence electrons. The number of hydrogen-bond acceptors (Lipinski definition) is 4. The van der Waals surface area contributed by atoms with E-state index in [0.717, 1.165) is 34.6 Å². The van der Waals surface area contributed by atoms with Crippen molar-refractivity contribution in [3.63, 3.8) is 0 Å². The second-order valence-electron chi connectivity index (χ2n) is 5.52. The van der Waals surface area contributed by atoms with Gasteiger partial charge in [-0.05, 0) is 46.6 Å². The Labute approximate surface area is 138 Å². The Hall–Kier alpha value is -0.940. The zero-order valence-corrected chi connectivity index (χ0v) is 14.6. The van der Waals surface area contributed by atoms with Gasteiger partial charge in [0.2, 0.25) is 0 Å². The number of nitrogens with one attached hydrogen (secondary N) is 1. The largest absolute Gasteiger partial charge is 0.369 e. The lowest BCUT2D eigenvalue weighted by Crippen LogP contribution is -2.09. The molecule has 5 heteroatoms. The highest BCUT2D eigenvalue weighted by atomic mass is 79.9. The molecule has 3 nitrogen and oxygen atoms in total. The molecule has 1 fully saturated rings. The molecule has 2 aromatic rings. The van der Waals surface area contributed by atoms with Crippen molar-refractivity contribution < 1.29 is 0 Å². The molecule has 0 aliphatic heterocycles. The second kappa shape index (κ2) is 6.88. The lowest BCUT2D eigenvalue weighted by atomic mass is 10.0. The Morgan fingerprint density at radius 2 is 2.14 bits per heavy atom. The zero-order chi connectivity index (χ0) is 14.7. The molecule has 1 saturated carbocycles. The van der Waals surface area contributed by atoms with Gasteiger partial charge in [0.1, 0.15) is 5.82 Å². The summed E-state index contributed by atoms with van der Waals surface area (Å²) in [6.07, 6.45) is 6.19. The van der Waals surface area contributed by atoms with Crippen molar-refractivity contribution in [3.05, 3.63) is 27.0 Å². The van der Waals surface area contributed by atoms with Gasteiger partial charge >= 0.3 is 0 Å². The van der Waals surface area contributed by atoms with E-state index in [2.05, 4.69) is 45.0 Å². The van der Waals surface area contributed by atoms with Crippen LogP contribution in [0.2, 0.25) is 0 Å². The smallest absolute Gasteiger partial charge is 0.162 e. The molecule has 0 radical (unpaired) electrons. The summed E-state index contributed by atoms with van der Waals surface area (Å²) in [5.41, 5.74) is 2.30. The maximum Gasteiger partial charge on any atom is 0.162 e. The molecule has 1 aliphatic rings. The van der Waals surface area contributed by atoms with Crippen LogP contribution in [-0.2, 0) is 0 Å². The van der Waals surface area contributed by atoms with Crippen molar-refractivity contribution in [2.24, 2.45) is 0 Å². The van der Waals surface area contributed by atoms with E-state index in [9.17, 15) is 0 Å². The van der Waals surface area contributed by atoms with Gasteiger partial charge in [-0.1, -0.05) is 19.8 Å². The summed E-state index contributed by atoms with van der Waals surface area (Å²) in [6, 6.07) is 2.09. The Balaban J connectivity index is 2.02. The maximum absolute atomic E-state index is 4.87. The van der Waals surface area contributed by atoms with Crippen LogP contribution in [0.25, 0.3) is 11.4 Å². The minimum Gasteiger partial charge on any atom is -0.369 e. The Bertz CT molecular complexity index is 592. The number of rotatable bonds is 5. The molecular weight excluding hydrogens is 346 g/mol. The van der Waals surface area contributed by atoms with Gasteiger partial charge < -0.3 is 5.32 Å². The predicted molar refractivity (Wildman–Crippen MR) is 93.0 cm³/mol. The summed E-state index contributed by atoms with van der Waals surface area (Å²) in [5, 5.41) is 7.63. The Morgan fingerprint density at radius 3 is 2.81 bits per heavy atom. The van der Waals surface area contributed by atoms with Crippen molar-refractivity contribution in [1.29, 1.82) is 0 Å². The minimum absolute atomic E-state index is 0.571. The van der Waals surface area contributed by atoms with Crippen molar-refractivity contribution in [2.45, 2.75) is 44.9 Å². The maximum atomic E-state index is 4.87. The monoisotopic (exact) mass is 365 g/mol. The first kappa shape index (κ1) is 15.0. The molecule has 2 heterocycles. The number of thiophene rings is 1. The van der Waals surface area contributed by atoms with Gasteiger partial charge in [0, 0.05) is 23.4 Å². The minimum atomic E-state index is 0.571. The fraction of sp³-hybridized carbons (Fsp3) is 0.500. The molecule has 21 heavy (non-hydrogen) atoms. The van der Waals surface area contributed by atoms with Gasteiger partial charge in [0.25, 0.3) is 0 Å². The van der Waals surface area contributed by atoms with Gasteiger partial charge in [0.05, 0.1) is 10.2 Å². The van der Waals surface area contributed by atoms with E-state index in [0.29, 0.717) is 5.92 Å². The van der Waals surface area contributed by atoms with Crippen LogP contribution in [0.3, 0.4) is 0 Å². The van der Waals surface area contributed by atoms with Gasteiger partial charge in [-0.3, -0.25) is 0 Å². The van der Waals surface area contributed by atoms with E-state index in [-0.39, 0.29) is 0 Å². The number of aromatic nitrogens is 2. The highest BCUT2D eigenvalue weighted by Crippen LogP contribution is 2.39. The lowest BCUT2D eigenvalue weighted by molar-refractivity contribution is 0.691. The van der Waals surface area contributed by atoms with Crippen LogP contribution in [0.1, 0.15) is 50.6 Å². The summed E-state index contributed by atoms with van der Waals surface area (Å²) in [6.45, 7) is 3.10. The highest BCUT2D eigenvalue weighted by molar-refractivity contribution is 9.10. The first-order valence-corrected chi connectivity index (χ1v) is 9.37. The van der Waals surface area contributed by atoms with E-state index in [1.165, 1.54) is 31.4 Å². The molecule has 3 rings (SSSR count). The molecule has 0 amide bonds. The topological polar surface area (TPSA) is 37.8 Å². The Morgan fingerprint density at radius 1 is 1.33 bits per heavy atom. The van der Waals surface area contributed by atoms with E-state index >= 15 is 0 Å². The highest BCUT2D eigenvalue weighted by Gasteiger charge is 2.24. The molecule has 0 aromatic carbocycles. The first-order chi connectivity index (χ1) is 10.3. The van der Waals surface area contributed by atoms with Crippen molar-refractivity contribution in [3.8, 4) is 11.4 Å². The molecule has 1 aliphatic carbocycles. The average molecular weight is 366 g/mol. The van der Waals surface area contributed by atoms with Gasteiger partial charge in [0.15, 0.2) is 5.82 Å². The zero-order valence-electron chi connectivity index (χ0n) is 12.2. The third kappa shape index (κ3) is 3.29. The summed E-state index contributed by atoms with van der Waals surface area (Å²) >= 11 is 5.42. The normalized spacial score (nSPS) is 15.5. The molecular formula is C16H20BrN3S. The average Bonchev–Trinajstić information content (AvgIpc) is 3.19. The van der Waals surface area contributed by atoms with Crippen molar-refractivity contribution >= 4 is 33.1 Å². The van der Waals surface area contributed by atoms with Gasteiger partial charge in [-0.2, -0.15) is 11.3 Å². The number of halogens is 1. The van der Waals surface area contributed by atoms with E-state index in [1.807, 2.05) is 0 Å². The molecule has 0 spiro atoms. The lowest BCUT2D eigenvalue weighted by Gasteiger charge is -2.16.